The van der Waals surface area contributed by atoms with E-state index in [1.165, 1.54) is 0 Å². The van der Waals surface area contributed by atoms with Crippen LogP contribution in [0.25, 0.3) is 0 Å². The standard InChI is InChI=1S/C24H31ClN2O3S/c1-17(2)15-26-24(29)18(3)27(16-19-5-9-21(30-4)10-6-19)23(28)13-14-31-22-11-7-20(25)8-12-22/h5-12,17-18H,13-16H2,1-4H3,(H,26,29)/t18-/m0/s1. The zero-order valence-electron chi connectivity index (χ0n) is 18.6. The summed E-state index contributed by atoms with van der Waals surface area (Å²) in [5.74, 6) is 1.53. The van der Waals surface area contributed by atoms with Crippen LogP contribution in [-0.4, -0.2) is 42.2 Å². The minimum absolute atomic E-state index is 0.0514. The van der Waals surface area contributed by atoms with E-state index in [9.17, 15) is 9.59 Å². The van der Waals surface area contributed by atoms with Crippen LogP contribution in [0.2, 0.25) is 5.02 Å². The molecule has 0 aliphatic carbocycles. The SMILES string of the molecule is COc1ccc(CN(C(=O)CCSc2ccc(Cl)cc2)[C@@H](C)C(=O)NCC(C)C)cc1. The minimum Gasteiger partial charge on any atom is -0.497 e. The van der Waals surface area contributed by atoms with Crippen molar-refractivity contribution in [3.05, 3.63) is 59.1 Å². The number of methoxy groups -OCH3 is 1. The predicted molar refractivity (Wildman–Crippen MR) is 128 cm³/mol. The molecule has 7 heteroatoms. The molecule has 2 aromatic rings. The van der Waals surface area contributed by atoms with E-state index >= 15 is 0 Å². The zero-order valence-corrected chi connectivity index (χ0v) is 20.1. The lowest BCUT2D eigenvalue weighted by Gasteiger charge is -2.29. The summed E-state index contributed by atoms with van der Waals surface area (Å²) < 4.78 is 5.21. The molecule has 2 rings (SSSR count). The molecule has 0 unspecified atom stereocenters. The van der Waals surface area contributed by atoms with E-state index in [0.29, 0.717) is 36.2 Å². The maximum Gasteiger partial charge on any atom is 0.242 e. The molecule has 0 aliphatic rings. The zero-order chi connectivity index (χ0) is 22.8. The largest absolute Gasteiger partial charge is 0.497 e. The number of nitrogens with one attached hydrogen (secondary N) is 1. The Bertz CT molecular complexity index is 841. The molecule has 0 bridgehead atoms. The summed E-state index contributed by atoms with van der Waals surface area (Å²) in [4.78, 5) is 28.5. The molecule has 2 aromatic carbocycles. The van der Waals surface area contributed by atoms with Gasteiger partial charge < -0.3 is 15.0 Å². The van der Waals surface area contributed by atoms with Crippen molar-refractivity contribution in [2.24, 2.45) is 5.92 Å². The molecule has 0 saturated heterocycles. The molecular formula is C24H31ClN2O3S. The second-order valence-electron chi connectivity index (χ2n) is 7.74. The third kappa shape index (κ3) is 8.46. The van der Waals surface area contributed by atoms with Crippen LogP contribution < -0.4 is 10.1 Å². The number of halogens is 1. The number of benzene rings is 2. The van der Waals surface area contributed by atoms with E-state index in [1.807, 2.05) is 62.4 Å². The van der Waals surface area contributed by atoms with Crippen LogP contribution in [0.5, 0.6) is 5.75 Å². The highest BCUT2D eigenvalue weighted by molar-refractivity contribution is 7.99. The summed E-state index contributed by atoms with van der Waals surface area (Å²) in [7, 11) is 1.62. The van der Waals surface area contributed by atoms with Crippen molar-refractivity contribution >= 4 is 35.2 Å². The number of hydrogen-bond donors (Lipinski definition) is 1. The molecule has 0 heterocycles. The molecule has 1 N–H and O–H groups in total. The smallest absolute Gasteiger partial charge is 0.242 e. The molecule has 2 amide bonds. The van der Waals surface area contributed by atoms with Crippen molar-refractivity contribution in [2.45, 2.75) is 44.7 Å². The van der Waals surface area contributed by atoms with E-state index in [-0.39, 0.29) is 11.8 Å². The number of carbonyl (C=O) groups excluding carboxylic acids is 2. The average Bonchev–Trinajstić information content (AvgIpc) is 2.77. The molecule has 0 saturated carbocycles. The van der Waals surface area contributed by atoms with Gasteiger partial charge in [-0.05, 0) is 54.8 Å². The molecule has 0 aromatic heterocycles. The van der Waals surface area contributed by atoms with Gasteiger partial charge in [-0.3, -0.25) is 9.59 Å². The fourth-order valence-electron chi connectivity index (χ4n) is 2.89. The van der Waals surface area contributed by atoms with Crippen molar-refractivity contribution in [3.8, 4) is 5.75 Å². The van der Waals surface area contributed by atoms with Crippen molar-refractivity contribution in [3.63, 3.8) is 0 Å². The highest BCUT2D eigenvalue weighted by Gasteiger charge is 2.26. The van der Waals surface area contributed by atoms with Gasteiger partial charge in [-0.2, -0.15) is 0 Å². The number of nitrogens with zero attached hydrogens (tertiary/aromatic N) is 1. The second-order valence-corrected chi connectivity index (χ2v) is 9.34. The Morgan fingerprint density at radius 2 is 1.71 bits per heavy atom. The van der Waals surface area contributed by atoms with Gasteiger partial charge in [0.05, 0.1) is 7.11 Å². The highest BCUT2D eigenvalue weighted by Crippen LogP contribution is 2.22. The lowest BCUT2D eigenvalue weighted by molar-refractivity contribution is -0.140. The van der Waals surface area contributed by atoms with Crippen LogP contribution in [0.1, 0.15) is 32.8 Å². The molecule has 5 nitrogen and oxygen atoms in total. The van der Waals surface area contributed by atoms with Crippen LogP contribution >= 0.6 is 23.4 Å². The second kappa shape index (κ2) is 12.6. The summed E-state index contributed by atoms with van der Waals surface area (Å²) >= 11 is 7.52. The maximum absolute atomic E-state index is 13.1. The molecule has 0 aliphatic heterocycles. The quantitative estimate of drug-likeness (QED) is 0.476. The lowest BCUT2D eigenvalue weighted by Crippen LogP contribution is -2.48. The number of carbonyl (C=O) groups is 2. The summed E-state index contributed by atoms with van der Waals surface area (Å²) in [5.41, 5.74) is 0.947. The Balaban J connectivity index is 2.05. The fraction of sp³-hybridized carbons (Fsp3) is 0.417. The Morgan fingerprint density at radius 1 is 1.06 bits per heavy atom. The van der Waals surface area contributed by atoms with Crippen molar-refractivity contribution in [2.75, 3.05) is 19.4 Å². The molecular weight excluding hydrogens is 432 g/mol. The van der Waals surface area contributed by atoms with Crippen LogP contribution in [0.15, 0.2) is 53.4 Å². The maximum atomic E-state index is 13.1. The molecule has 0 radical (unpaired) electrons. The number of thioether (sulfide) groups is 1. The highest BCUT2D eigenvalue weighted by atomic mass is 35.5. The van der Waals surface area contributed by atoms with Gasteiger partial charge in [0.15, 0.2) is 0 Å². The Hall–Kier alpha value is -2.18. The van der Waals surface area contributed by atoms with E-state index in [1.54, 1.807) is 30.7 Å². The van der Waals surface area contributed by atoms with E-state index in [2.05, 4.69) is 5.32 Å². The van der Waals surface area contributed by atoms with Crippen molar-refractivity contribution < 1.29 is 14.3 Å². The van der Waals surface area contributed by atoms with Gasteiger partial charge in [-0.1, -0.05) is 37.6 Å². The number of amides is 2. The van der Waals surface area contributed by atoms with Gasteiger partial charge in [-0.25, -0.2) is 0 Å². The van der Waals surface area contributed by atoms with Crippen molar-refractivity contribution in [1.29, 1.82) is 0 Å². The first kappa shape index (κ1) is 25.1. The van der Waals surface area contributed by atoms with Crippen molar-refractivity contribution in [1.82, 2.24) is 10.2 Å². The van der Waals surface area contributed by atoms with E-state index in [0.717, 1.165) is 16.2 Å². The first-order chi connectivity index (χ1) is 14.8. The fourth-order valence-corrected chi connectivity index (χ4v) is 3.86. The van der Waals surface area contributed by atoms with E-state index < -0.39 is 6.04 Å². The molecule has 0 spiro atoms. The van der Waals surface area contributed by atoms with Crippen LogP contribution in [0, 0.1) is 5.92 Å². The summed E-state index contributed by atoms with van der Waals surface area (Å²) in [6, 6.07) is 14.5. The van der Waals surface area contributed by atoms with Crippen LogP contribution in [0.4, 0.5) is 0 Å². The Kier molecular flexibility index (Phi) is 10.2. The average molecular weight is 463 g/mol. The monoisotopic (exact) mass is 462 g/mol. The first-order valence-electron chi connectivity index (χ1n) is 10.4. The summed E-state index contributed by atoms with van der Waals surface area (Å²) in [6.07, 6.45) is 0.339. The van der Waals surface area contributed by atoms with Gasteiger partial charge in [0.25, 0.3) is 0 Å². The van der Waals surface area contributed by atoms with E-state index in [4.69, 9.17) is 16.3 Å². The third-order valence-corrected chi connectivity index (χ3v) is 6.03. The van der Waals surface area contributed by atoms with Gasteiger partial charge in [0.1, 0.15) is 11.8 Å². The molecule has 0 fully saturated rings. The van der Waals surface area contributed by atoms with Gasteiger partial charge in [-0.15, -0.1) is 11.8 Å². The minimum atomic E-state index is -0.561. The number of hydrogen-bond acceptors (Lipinski definition) is 4. The lowest BCUT2D eigenvalue weighted by atomic mass is 10.1. The summed E-state index contributed by atoms with van der Waals surface area (Å²) in [5, 5.41) is 3.63. The predicted octanol–water partition coefficient (Wildman–Crippen LogP) is 5.02. The Morgan fingerprint density at radius 3 is 2.29 bits per heavy atom. The van der Waals surface area contributed by atoms with Gasteiger partial charge in [0, 0.05) is 35.2 Å². The molecule has 1 atom stereocenters. The Labute approximate surface area is 194 Å². The topological polar surface area (TPSA) is 58.6 Å². The number of rotatable bonds is 11. The molecule has 31 heavy (non-hydrogen) atoms. The first-order valence-corrected chi connectivity index (χ1v) is 11.7. The van der Waals surface area contributed by atoms with Crippen LogP contribution in [-0.2, 0) is 16.1 Å². The summed E-state index contributed by atoms with van der Waals surface area (Å²) in [6.45, 7) is 6.81. The normalized spacial score (nSPS) is 11.8. The number of ether oxygens (including phenoxy) is 1. The van der Waals surface area contributed by atoms with Gasteiger partial charge >= 0.3 is 0 Å². The molecule has 168 valence electrons. The van der Waals surface area contributed by atoms with Gasteiger partial charge in [0.2, 0.25) is 11.8 Å². The third-order valence-electron chi connectivity index (χ3n) is 4.76. The van der Waals surface area contributed by atoms with Crippen LogP contribution in [0.3, 0.4) is 0 Å².